The number of sulfone groups is 1. The molecule has 1 fully saturated rings. The molecule has 1 aromatic carbocycles. The molecule has 0 unspecified atom stereocenters. The number of nitrogens with one attached hydrogen (secondary N) is 1. The number of hydrogen-bond acceptors (Lipinski definition) is 5. The van der Waals surface area contributed by atoms with Crippen LogP contribution in [-0.2, 0) is 14.6 Å². The molecule has 0 bridgehead atoms. The van der Waals surface area contributed by atoms with Gasteiger partial charge in [-0.15, -0.1) is 0 Å². The zero-order valence-electron chi connectivity index (χ0n) is 13.7. The van der Waals surface area contributed by atoms with Crippen LogP contribution in [-0.4, -0.2) is 40.3 Å². The van der Waals surface area contributed by atoms with Gasteiger partial charge in [0.25, 0.3) is 0 Å². The van der Waals surface area contributed by atoms with E-state index in [4.69, 9.17) is 9.47 Å². The zero-order valence-corrected chi connectivity index (χ0v) is 14.5. The number of ether oxygens (including phenoxy) is 2. The molecule has 0 heterocycles. The molecule has 7 heteroatoms. The molecule has 1 aromatic rings. The van der Waals surface area contributed by atoms with E-state index in [-0.39, 0.29) is 10.9 Å². The molecule has 1 N–H and O–H groups in total. The Kier molecular flexibility index (Phi) is 5.51. The highest BCUT2D eigenvalue weighted by atomic mass is 32.2. The first kappa shape index (κ1) is 17.6. The first-order valence-electron chi connectivity index (χ1n) is 7.62. The van der Waals surface area contributed by atoms with E-state index in [0.29, 0.717) is 17.1 Å². The Morgan fingerprint density at radius 1 is 1.17 bits per heavy atom. The molecule has 1 aliphatic rings. The minimum atomic E-state index is -3.74. The second-order valence-electron chi connectivity index (χ2n) is 5.78. The number of aryl methyl sites for hydroxylation is 1. The van der Waals surface area contributed by atoms with E-state index in [1.807, 2.05) is 0 Å². The van der Waals surface area contributed by atoms with Crippen LogP contribution in [0.25, 0.3) is 0 Å². The molecular formula is C16H23NO5S. The lowest BCUT2D eigenvalue weighted by Gasteiger charge is -2.15. The molecule has 2 rings (SSSR count). The molecule has 1 saturated carbocycles. The van der Waals surface area contributed by atoms with Crippen LogP contribution < -0.4 is 14.8 Å². The number of rotatable bonds is 6. The Morgan fingerprint density at radius 2 is 1.74 bits per heavy atom. The van der Waals surface area contributed by atoms with E-state index < -0.39 is 21.5 Å². The average Bonchev–Trinajstić information content (AvgIpc) is 2.98. The summed E-state index contributed by atoms with van der Waals surface area (Å²) < 4.78 is 35.4. The van der Waals surface area contributed by atoms with Crippen LogP contribution in [0.4, 0.5) is 0 Å². The van der Waals surface area contributed by atoms with Gasteiger partial charge in [-0.05, 0) is 31.4 Å². The third kappa shape index (κ3) is 4.16. The average molecular weight is 341 g/mol. The molecule has 6 nitrogen and oxygen atoms in total. The summed E-state index contributed by atoms with van der Waals surface area (Å²) in [6.45, 7) is 1.67. The number of hydrogen-bond donors (Lipinski definition) is 1. The van der Waals surface area contributed by atoms with E-state index in [0.717, 1.165) is 25.7 Å². The van der Waals surface area contributed by atoms with E-state index >= 15 is 0 Å². The van der Waals surface area contributed by atoms with Crippen molar-refractivity contribution in [3.05, 3.63) is 17.7 Å². The lowest BCUT2D eigenvalue weighted by Crippen LogP contribution is -2.37. The number of methoxy groups -OCH3 is 2. The number of carbonyl (C=O) groups excluding carboxylic acids is 1. The maximum absolute atomic E-state index is 12.5. The normalized spacial score (nSPS) is 15.4. The fourth-order valence-corrected chi connectivity index (χ4v) is 4.31. The summed E-state index contributed by atoms with van der Waals surface area (Å²) in [5.74, 6) is -0.224. The third-order valence-corrected chi connectivity index (χ3v) is 5.81. The quantitative estimate of drug-likeness (QED) is 0.854. The predicted octanol–water partition coefficient (Wildman–Crippen LogP) is 1.84. The second kappa shape index (κ2) is 7.21. The van der Waals surface area contributed by atoms with Crippen LogP contribution in [0, 0.1) is 6.92 Å². The van der Waals surface area contributed by atoms with Crippen LogP contribution in [0.2, 0.25) is 0 Å². The van der Waals surface area contributed by atoms with Crippen molar-refractivity contribution in [3.63, 3.8) is 0 Å². The smallest absolute Gasteiger partial charge is 0.235 e. The molecule has 1 aliphatic carbocycles. The van der Waals surface area contributed by atoms with Gasteiger partial charge in [-0.3, -0.25) is 4.79 Å². The predicted molar refractivity (Wildman–Crippen MR) is 86.7 cm³/mol. The van der Waals surface area contributed by atoms with Gasteiger partial charge in [-0.2, -0.15) is 0 Å². The first-order valence-corrected chi connectivity index (χ1v) is 9.27. The lowest BCUT2D eigenvalue weighted by atomic mass is 10.2. The summed E-state index contributed by atoms with van der Waals surface area (Å²) in [6, 6.07) is 3.11. The van der Waals surface area contributed by atoms with Crippen LogP contribution in [0.15, 0.2) is 17.0 Å². The summed E-state index contributed by atoms with van der Waals surface area (Å²) in [5, 5.41) is 2.80. The summed E-state index contributed by atoms with van der Waals surface area (Å²) >= 11 is 0. The first-order chi connectivity index (χ1) is 10.9. The van der Waals surface area contributed by atoms with Gasteiger partial charge in [0.2, 0.25) is 5.91 Å². The standard InChI is InChI=1S/C16H23NO5S/c1-11-8-13(21-2)14(22-3)9-15(11)23(19,20)10-16(18)17-12-6-4-5-7-12/h8-9,12H,4-7,10H2,1-3H3,(H,17,18). The van der Waals surface area contributed by atoms with Crippen molar-refractivity contribution in [2.24, 2.45) is 0 Å². The zero-order chi connectivity index (χ0) is 17.0. The van der Waals surface area contributed by atoms with Crippen molar-refractivity contribution in [2.75, 3.05) is 20.0 Å². The van der Waals surface area contributed by atoms with Gasteiger partial charge in [-0.1, -0.05) is 12.8 Å². The van der Waals surface area contributed by atoms with E-state index in [1.165, 1.54) is 20.3 Å². The molecule has 0 atom stereocenters. The maximum atomic E-state index is 12.5. The highest BCUT2D eigenvalue weighted by Gasteiger charge is 2.25. The molecule has 0 spiro atoms. The topological polar surface area (TPSA) is 81.7 Å². The van der Waals surface area contributed by atoms with E-state index in [1.54, 1.807) is 13.0 Å². The highest BCUT2D eigenvalue weighted by Crippen LogP contribution is 2.32. The van der Waals surface area contributed by atoms with Gasteiger partial charge in [0.1, 0.15) is 5.75 Å². The van der Waals surface area contributed by atoms with Gasteiger partial charge in [-0.25, -0.2) is 8.42 Å². The molecule has 23 heavy (non-hydrogen) atoms. The molecule has 128 valence electrons. The van der Waals surface area contributed by atoms with Crippen molar-refractivity contribution in [2.45, 2.75) is 43.5 Å². The fourth-order valence-electron chi connectivity index (χ4n) is 2.89. The summed E-state index contributed by atoms with van der Waals surface area (Å²) in [4.78, 5) is 12.1. The van der Waals surface area contributed by atoms with Crippen LogP contribution >= 0.6 is 0 Å². The van der Waals surface area contributed by atoms with Crippen LogP contribution in [0.1, 0.15) is 31.2 Å². The van der Waals surface area contributed by atoms with E-state index in [9.17, 15) is 13.2 Å². The van der Waals surface area contributed by atoms with Crippen molar-refractivity contribution < 1.29 is 22.7 Å². The minimum absolute atomic E-state index is 0.0942. The largest absolute Gasteiger partial charge is 0.493 e. The lowest BCUT2D eigenvalue weighted by molar-refractivity contribution is -0.119. The highest BCUT2D eigenvalue weighted by molar-refractivity contribution is 7.92. The van der Waals surface area contributed by atoms with Crippen molar-refractivity contribution >= 4 is 15.7 Å². The van der Waals surface area contributed by atoms with Gasteiger partial charge < -0.3 is 14.8 Å². The molecular weight excluding hydrogens is 318 g/mol. The molecule has 1 amide bonds. The second-order valence-corrected chi connectivity index (χ2v) is 7.74. The maximum Gasteiger partial charge on any atom is 0.235 e. The number of carbonyl (C=O) groups is 1. The minimum Gasteiger partial charge on any atom is -0.493 e. The Bertz CT molecular complexity index is 678. The Morgan fingerprint density at radius 3 is 2.30 bits per heavy atom. The summed E-state index contributed by atoms with van der Waals surface area (Å²) in [7, 11) is -0.810. The molecule has 0 aromatic heterocycles. The van der Waals surface area contributed by atoms with Crippen molar-refractivity contribution in [1.82, 2.24) is 5.32 Å². The summed E-state index contributed by atoms with van der Waals surface area (Å²) in [6.07, 6.45) is 3.99. The van der Waals surface area contributed by atoms with Crippen LogP contribution in [0.5, 0.6) is 11.5 Å². The number of amides is 1. The van der Waals surface area contributed by atoms with Gasteiger partial charge in [0.15, 0.2) is 21.3 Å². The van der Waals surface area contributed by atoms with Crippen molar-refractivity contribution in [1.29, 1.82) is 0 Å². The Labute approximate surface area is 137 Å². The SMILES string of the molecule is COc1cc(C)c(S(=O)(=O)CC(=O)NC2CCCC2)cc1OC. The molecule has 0 radical (unpaired) electrons. The van der Waals surface area contributed by atoms with Crippen LogP contribution in [0.3, 0.4) is 0 Å². The number of benzene rings is 1. The van der Waals surface area contributed by atoms with Gasteiger partial charge in [0, 0.05) is 12.1 Å². The Hall–Kier alpha value is -1.76. The molecule has 0 aliphatic heterocycles. The third-order valence-electron chi connectivity index (χ3n) is 4.06. The fraction of sp³-hybridized carbons (Fsp3) is 0.562. The van der Waals surface area contributed by atoms with Crippen molar-refractivity contribution in [3.8, 4) is 11.5 Å². The van der Waals surface area contributed by atoms with Gasteiger partial charge >= 0.3 is 0 Å². The van der Waals surface area contributed by atoms with E-state index in [2.05, 4.69) is 5.32 Å². The summed E-state index contributed by atoms with van der Waals surface area (Å²) in [5.41, 5.74) is 0.524. The molecule has 0 saturated heterocycles. The Balaban J connectivity index is 2.19. The van der Waals surface area contributed by atoms with Gasteiger partial charge in [0.05, 0.1) is 19.1 Å². The monoisotopic (exact) mass is 341 g/mol.